The molecule has 0 aromatic heterocycles. The van der Waals surface area contributed by atoms with E-state index < -0.39 is 0 Å². The minimum absolute atomic E-state index is 0.136. The molecule has 2 nitrogen and oxygen atoms in total. The molecule has 0 rings (SSSR count). The highest BCUT2D eigenvalue weighted by Gasteiger charge is 2.31. The van der Waals surface area contributed by atoms with Crippen molar-refractivity contribution in [3.05, 3.63) is 0 Å². The summed E-state index contributed by atoms with van der Waals surface area (Å²) < 4.78 is 5.60. The van der Waals surface area contributed by atoms with E-state index in [2.05, 4.69) is 44.9 Å². The molecule has 0 aromatic carbocycles. The molecule has 0 aliphatic rings. The zero-order valence-corrected chi connectivity index (χ0v) is 11.0. The van der Waals surface area contributed by atoms with Gasteiger partial charge in [0.25, 0.3) is 0 Å². The maximum absolute atomic E-state index is 5.60. The lowest BCUT2D eigenvalue weighted by molar-refractivity contribution is -0.00947. The molecule has 88 valence electrons. The maximum Gasteiger partial charge on any atom is 0.0781 e. The van der Waals surface area contributed by atoms with E-state index in [1.165, 1.54) is 0 Å². The monoisotopic (exact) mass is 211 g/mol. The fourth-order valence-electron chi connectivity index (χ4n) is 1.88. The Hall–Kier alpha value is -0.520. The van der Waals surface area contributed by atoms with Crippen LogP contribution in [0.4, 0.5) is 0 Å². The average Bonchev–Trinajstić information content (AvgIpc) is 2.13. The Kier molecular flexibility index (Phi) is 6.63. The van der Waals surface area contributed by atoms with Crippen LogP contribution in [-0.4, -0.2) is 25.8 Å². The third-order valence-corrected chi connectivity index (χ3v) is 2.44. The second kappa shape index (κ2) is 6.87. The van der Waals surface area contributed by atoms with Crippen LogP contribution in [0.5, 0.6) is 0 Å². The van der Waals surface area contributed by atoms with Crippen LogP contribution in [0.1, 0.15) is 41.0 Å². The van der Waals surface area contributed by atoms with E-state index in [9.17, 15) is 0 Å². The number of rotatable bonds is 5. The molecule has 0 spiro atoms. The molecule has 15 heavy (non-hydrogen) atoms. The van der Waals surface area contributed by atoms with Gasteiger partial charge >= 0.3 is 0 Å². The normalized spacial score (nSPS) is 15.3. The van der Waals surface area contributed by atoms with E-state index in [4.69, 9.17) is 4.74 Å². The minimum atomic E-state index is 0.136. The first-order chi connectivity index (χ1) is 6.97. The molecule has 0 fully saturated rings. The van der Waals surface area contributed by atoms with Gasteiger partial charge in [-0.2, -0.15) is 0 Å². The summed E-state index contributed by atoms with van der Waals surface area (Å²) in [5.41, 5.74) is 0.136. The molecule has 0 aliphatic carbocycles. The van der Waals surface area contributed by atoms with Crippen molar-refractivity contribution in [2.45, 2.75) is 53.2 Å². The van der Waals surface area contributed by atoms with Gasteiger partial charge in [0.05, 0.1) is 6.10 Å². The zero-order chi connectivity index (χ0) is 11.9. The quantitative estimate of drug-likeness (QED) is 0.705. The van der Waals surface area contributed by atoms with Crippen LogP contribution in [0.15, 0.2) is 0 Å². The van der Waals surface area contributed by atoms with Crippen LogP contribution in [0.25, 0.3) is 0 Å². The van der Waals surface area contributed by atoms with Gasteiger partial charge in [0.1, 0.15) is 0 Å². The Morgan fingerprint density at radius 3 is 2.27 bits per heavy atom. The molecular weight excluding hydrogens is 186 g/mol. The number of hydrogen-bond donors (Lipinski definition) is 1. The molecule has 0 saturated heterocycles. The number of likely N-dealkylation sites (N-methyl/N-ethyl adjacent to an activating group) is 1. The summed E-state index contributed by atoms with van der Waals surface area (Å²) in [6, 6.07) is 0.312. The standard InChI is InChI=1S/C13H25NO/c1-7-9-10-11(14-8-2)12(15-6)13(3,4)5/h11-12,14H,8,10H2,1-6H3. The fraction of sp³-hybridized carbons (Fsp3) is 0.846. The van der Waals surface area contributed by atoms with E-state index in [-0.39, 0.29) is 11.5 Å². The van der Waals surface area contributed by atoms with Gasteiger partial charge in [0.15, 0.2) is 0 Å². The maximum atomic E-state index is 5.60. The molecule has 0 bridgehead atoms. The average molecular weight is 211 g/mol. The summed E-state index contributed by atoms with van der Waals surface area (Å²) in [6.07, 6.45) is 1.04. The zero-order valence-electron chi connectivity index (χ0n) is 11.0. The minimum Gasteiger partial charge on any atom is -0.379 e. The van der Waals surface area contributed by atoms with Gasteiger partial charge in [0, 0.05) is 19.6 Å². The highest BCUT2D eigenvalue weighted by atomic mass is 16.5. The molecule has 0 saturated carbocycles. The lowest BCUT2D eigenvalue weighted by Crippen LogP contribution is -2.47. The second-order valence-electron chi connectivity index (χ2n) is 4.82. The van der Waals surface area contributed by atoms with Gasteiger partial charge in [-0.25, -0.2) is 0 Å². The molecule has 2 heteroatoms. The van der Waals surface area contributed by atoms with Crippen molar-refractivity contribution in [1.82, 2.24) is 5.32 Å². The topological polar surface area (TPSA) is 21.3 Å². The lowest BCUT2D eigenvalue weighted by Gasteiger charge is -2.35. The van der Waals surface area contributed by atoms with Crippen molar-refractivity contribution in [2.24, 2.45) is 5.41 Å². The van der Waals surface area contributed by atoms with Crippen LogP contribution in [-0.2, 0) is 4.74 Å². The van der Waals surface area contributed by atoms with Crippen molar-refractivity contribution in [3.63, 3.8) is 0 Å². The van der Waals surface area contributed by atoms with Crippen LogP contribution in [0.3, 0.4) is 0 Å². The molecule has 0 aliphatic heterocycles. The summed E-state index contributed by atoms with van der Waals surface area (Å²) in [5.74, 6) is 6.07. The lowest BCUT2D eigenvalue weighted by atomic mass is 9.83. The SMILES string of the molecule is CC#CCC(NCC)C(OC)C(C)(C)C. The first kappa shape index (κ1) is 14.5. The first-order valence-corrected chi connectivity index (χ1v) is 5.63. The van der Waals surface area contributed by atoms with Crippen molar-refractivity contribution in [1.29, 1.82) is 0 Å². The Morgan fingerprint density at radius 2 is 1.93 bits per heavy atom. The Labute approximate surface area is 94.8 Å². The third-order valence-electron chi connectivity index (χ3n) is 2.44. The first-order valence-electron chi connectivity index (χ1n) is 5.63. The van der Waals surface area contributed by atoms with E-state index in [0.29, 0.717) is 6.04 Å². The second-order valence-corrected chi connectivity index (χ2v) is 4.82. The fourth-order valence-corrected chi connectivity index (χ4v) is 1.88. The molecule has 2 unspecified atom stereocenters. The number of methoxy groups -OCH3 is 1. The Morgan fingerprint density at radius 1 is 1.33 bits per heavy atom. The molecule has 0 amide bonds. The molecule has 0 radical (unpaired) electrons. The van der Waals surface area contributed by atoms with Gasteiger partial charge in [-0.05, 0) is 18.9 Å². The van der Waals surface area contributed by atoms with Crippen molar-refractivity contribution in [2.75, 3.05) is 13.7 Å². The van der Waals surface area contributed by atoms with Crippen molar-refractivity contribution in [3.8, 4) is 11.8 Å². The summed E-state index contributed by atoms with van der Waals surface area (Å²) in [7, 11) is 1.78. The van der Waals surface area contributed by atoms with Gasteiger partial charge in [-0.15, -0.1) is 11.8 Å². The molecular formula is C13H25NO. The number of ether oxygens (including phenoxy) is 1. The van der Waals surface area contributed by atoms with E-state index in [1.54, 1.807) is 7.11 Å². The van der Waals surface area contributed by atoms with Gasteiger partial charge < -0.3 is 10.1 Å². The van der Waals surface area contributed by atoms with Crippen LogP contribution < -0.4 is 5.32 Å². The highest BCUT2D eigenvalue weighted by molar-refractivity contribution is 5.01. The number of hydrogen-bond acceptors (Lipinski definition) is 2. The summed E-state index contributed by atoms with van der Waals surface area (Å²) in [6.45, 7) is 11.5. The van der Waals surface area contributed by atoms with Crippen molar-refractivity contribution >= 4 is 0 Å². The molecule has 0 aromatic rings. The van der Waals surface area contributed by atoms with E-state index in [1.807, 2.05) is 6.92 Å². The number of nitrogens with one attached hydrogen (secondary N) is 1. The predicted molar refractivity (Wildman–Crippen MR) is 65.8 cm³/mol. The molecule has 2 atom stereocenters. The molecule has 1 N–H and O–H groups in total. The van der Waals surface area contributed by atoms with Gasteiger partial charge in [-0.3, -0.25) is 0 Å². The predicted octanol–water partition coefficient (Wildman–Crippen LogP) is 2.44. The van der Waals surface area contributed by atoms with Crippen LogP contribution in [0.2, 0.25) is 0 Å². The highest BCUT2D eigenvalue weighted by Crippen LogP contribution is 2.25. The van der Waals surface area contributed by atoms with Gasteiger partial charge in [0.2, 0.25) is 0 Å². The van der Waals surface area contributed by atoms with Crippen molar-refractivity contribution < 1.29 is 4.74 Å². The third kappa shape index (κ3) is 5.20. The largest absolute Gasteiger partial charge is 0.379 e. The summed E-state index contributed by atoms with van der Waals surface area (Å²) in [4.78, 5) is 0. The Bertz CT molecular complexity index is 219. The Balaban J connectivity index is 4.59. The summed E-state index contributed by atoms with van der Waals surface area (Å²) in [5, 5.41) is 3.45. The summed E-state index contributed by atoms with van der Waals surface area (Å²) >= 11 is 0. The van der Waals surface area contributed by atoms with E-state index in [0.717, 1.165) is 13.0 Å². The van der Waals surface area contributed by atoms with Gasteiger partial charge in [-0.1, -0.05) is 27.7 Å². The van der Waals surface area contributed by atoms with Crippen LogP contribution >= 0.6 is 0 Å². The molecule has 0 heterocycles. The van der Waals surface area contributed by atoms with Crippen LogP contribution in [0, 0.1) is 17.3 Å². The van der Waals surface area contributed by atoms with E-state index >= 15 is 0 Å². The smallest absolute Gasteiger partial charge is 0.0781 e.